The Hall–Kier alpha value is -1.69. The lowest BCUT2D eigenvalue weighted by Crippen LogP contribution is -2.49. The molecule has 0 saturated heterocycles. The van der Waals surface area contributed by atoms with E-state index in [0.29, 0.717) is 0 Å². The van der Waals surface area contributed by atoms with Crippen molar-refractivity contribution >= 4 is 5.78 Å². The molecule has 0 aliphatic heterocycles. The van der Waals surface area contributed by atoms with Crippen LogP contribution in [0.15, 0.2) is 15.8 Å². The number of H-pyrrole nitrogens is 1. The monoisotopic (exact) mass is 253 g/mol. The second kappa shape index (κ2) is 4.89. The first-order valence-electron chi connectivity index (χ1n) is 5.67. The van der Waals surface area contributed by atoms with E-state index in [4.69, 9.17) is 0 Å². The summed E-state index contributed by atoms with van der Waals surface area (Å²) >= 11 is 0. The highest BCUT2D eigenvalue weighted by Crippen LogP contribution is 2.10. The Balaban J connectivity index is 3.34. The van der Waals surface area contributed by atoms with Crippen molar-refractivity contribution in [3.05, 3.63) is 32.6 Å². The third-order valence-corrected chi connectivity index (χ3v) is 3.20. The molecule has 18 heavy (non-hydrogen) atoms. The summed E-state index contributed by atoms with van der Waals surface area (Å²) in [4.78, 5) is 39.3. The van der Waals surface area contributed by atoms with Crippen LogP contribution in [0.4, 0.5) is 0 Å². The van der Waals surface area contributed by atoms with Crippen molar-refractivity contribution in [2.24, 2.45) is 0 Å². The molecule has 6 heteroatoms. The Morgan fingerprint density at radius 1 is 1.39 bits per heavy atom. The SMILES string of the molecule is CC(=O)c1c[nH]c(=O)n(CC(C)(C)N(C)C)c1=O. The summed E-state index contributed by atoms with van der Waals surface area (Å²) < 4.78 is 1.07. The topological polar surface area (TPSA) is 75.2 Å². The quantitative estimate of drug-likeness (QED) is 0.771. The van der Waals surface area contributed by atoms with Crippen molar-refractivity contribution in [2.75, 3.05) is 14.1 Å². The van der Waals surface area contributed by atoms with E-state index in [-0.39, 0.29) is 23.4 Å². The Morgan fingerprint density at radius 3 is 2.39 bits per heavy atom. The zero-order chi connectivity index (χ0) is 14.1. The van der Waals surface area contributed by atoms with Gasteiger partial charge in [0, 0.05) is 18.3 Å². The Bertz CT molecular complexity index is 567. The van der Waals surface area contributed by atoms with Gasteiger partial charge in [0.2, 0.25) is 0 Å². The van der Waals surface area contributed by atoms with Crippen LogP contribution in [0.3, 0.4) is 0 Å². The van der Waals surface area contributed by atoms with E-state index in [2.05, 4.69) is 4.98 Å². The Kier molecular flexibility index (Phi) is 3.91. The summed E-state index contributed by atoms with van der Waals surface area (Å²) in [5.41, 5.74) is -1.41. The molecule has 0 spiro atoms. The van der Waals surface area contributed by atoms with Crippen molar-refractivity contribution in [2.45, 2.75) is 32.9 Å². The molecule has 1 heterocycles. The third-order valence-electron chi connectivity index (χ3n) is 3.20. The first kappa shape index (κ1) is 14.4. The number of hydrogen-bond donors (Lipinski definition) is 1. The largest absolute Gasteiger partial charge is 0.328 e. The number of nitrogens with zero attached hydrogens (tertiary/aromatic N) is 2. The van der Waals surface area contributed by atoms with Gasteiger partial charge < -0.3 is 9.88 Å². The number of nitrogens with one attached hydrogen (secondary N) is 1. The lowest BCUT2D eigenvalue weighted by atomic mass is 10.0. The molecule has 0 aliphatic carbocycles. The molecule has 0 aromatic carbocycles. The number of aromatic nitrogens is 2. The van der Waals surface area contributed by atoms with E-state index in [1.807, 2.05) is 32.8 Å². The fourth-order valence-electron chi connectivity index (χ4n) is 1.44. The molecular formula is C12H19N3O3. The van der Waals surface area contributed by atoms with Crippen molar-refractivity contribution in [1.29, 1.82) is 0 Å². The van der Waals surface area contributed by atoms with Crippen molar-refractivity contribution in [1.82, 2.24) is 14.5 Å². The van der Waals surface area contributed by atoms with Crippen LogP contribution in [0.1, 0.15) is 31.1 Å². The van der Waals surface area contributed by atoms with Crippen LogP contribution >= 0.6 is 0 Å². The number of carbonyl (C=O) groups excluding carboxylic acids is 1. The first-order valence-corrected chi connectivity index (χ1v) is 5.67. The number of aromatic amines is 1. The molecule has 1 aromatic rings. The van der Waals surface area contributed by atoms with Crippen LogP contribution in [0, 0.1) is 0 Å². The van der Waals surface area contributed by atoms with Gasteiger partial charge >= 0.3 is 5.69 Å². The van der Waals surface area contributed by atoms with Gasteiger partial charge in [-0.25, -0.2) is 4.79 Å². The van der Waals surface area contributed by atoms with E-state index < -0.39 is 11.2 Å². The van der Waals surface area contributed by atoms with Gasteiger partial charge in [0.25, 0.3) is 5.56 Å². The van der Waals surface area contributed by atoms with E-state index in [1.165, 1.54) is 13.1 Å². The van der Waals surface area contributed by atoms with Crippen molar-refractivity contribution in [3.8, 4) is 0 Å². The maximum Gasteiger partial charge on any atom is 0.328 e. The normalized spacial score (nSPS) is 11.9. The number of likely N-dealkylation sites (N-methyl/N-ethyl adjacent to an activating group) is 1. The maximum absolute atomic E-state index is 12.0. The van der Waals surface area contributed by atoms with E-state index in [0.717, 1.165) is 4.57 Å². The van der Waals surface area contributed by atoms with Gasteiger partial charge in [0.15, 0.2) is 5.78 Å². The highest BCUT2D eigenvalue weighted by molar-refractivity contribution is 5.93. The van der Waals surface area contributed by atoms with Gasteiger partial charge in [0.05, 0.1) is 5.56 Å². The standard InChI is InChI=1S/C12H19N3O3/c1-8(16)9-6-13-11(18)15(10(9)17)7-12(2,3)14(4)5/h6H,7H2,1-5H3,(H,13,18). The molecule has 1 rings (SSSR count). The van der Waals surface area contributed by atoms with Crippen LogP contribution in [0.25, 0.3) is 0 Å². The molecule has 6 nitrogen and oxygen atoms in total. The van der Waals surface area contributed by atoms with E-state index >= 15 is 0 Å². The number of ketones is 1. The summed E-state index contributed by atoms with van der Waals surface area (Å²) in [5.74, 6) is -0.354. The molecule has 1 aromatic heterocycles. The Labute approximate surface area is 105 Å². The molecule has 0 bridgehead atoms. The minimum Gasteiger partial charge on any atom is -0.313 e. The lowest BCUT2D eigenvalue weighted by molar-refractivity contribution is 0.101. The summed E-state index contributed by atoms with van der Waals surface area (Å²) in [5, 5.41) is 0. The van der Waals surface area contributed by atoms with E-state index in [1.54, 1.807) is 0 Å². The molecule has 0 saturated carbocycles. The van der Waals surface area contributed by atoms with Crippen LogP contribution in [0.2, 0.25) is 0 Å². The average molecular weight is 253 g/mol. The van der Waals surface area contributed by atoms with Crippen LogP contribution in [-0.2, 0) is 6.54 Å². The lowest BCUT2D eigenvalue weighted by Gasteiger charge is -2.32. The number of Topliss-reactive ketones (excluding diaryl/α,β-unsaturated/α-hetero) is 1. The van der Waals surface area contributed by atoms with Gasteiger partial charge in [-0.3, -0.25) is 14.2 Å². The zero-order valence-corrected chi connectivity index (χ0v) is 11.4. The van der Waals surface area contributed by atoms with Gasteiger partial charge in [-0.2, -0.15) is 0 Å². The third kappa shape index (κ3) is 2.76. The fraction of sp³-hybridized carbons (Fsp3) is 0.583. The van der Waals surface area contributed by atoms with Crippen LogP contribution in [-0.4, -0.2) is 39.9 Å². The molecule has 0 aliphatic rings. The summed E-state index contributed by atoms with van der Waals surface area (Å²) in [6.07, 6.45) is 1.17. The minimum atomic E-state index is -0.541. The second-order valence-electron chi connectivity index (χ2n) is 5.16. The Morgan fingerprint density at radius 2 is 1.94 bits per heavy atom. The average Bonchev–Trinajstić information content (AvgIpc) is 2.23. The summed E-state index contributed by atoms with van der Waals surface area (Å²) in [6.45, 7) is 5.35. The number of hydrogen-bond acceptors (Lipinski definition) is 4. The van der Waals surface area contributed by atoms with Crippen molar-refractivity contribution < 1.29 is 4.79 Å². The molecular weight excluding hydrogens is 234 g/mol. The zero-order valence-electron chi connectivity index (χ0n) is 11.4. The van der Waals surface area contributed by atoms with E-state index in [9.17, 15) is 14.4 Å². The summed E-state index contributed by atoms with van der Waals surface area (Å²) in [6, 6.07) is 0. The van der Waals surface area contributed by atoms with Crippen LogP contribution < -0.4 is 11.2 Å². The molecule has 100 valence electrons. The molecule has 0 atom stereocenters. The number of carbonyl (C=O) groups is 1. The highest BCUT2D eigenvalue weighted by atomic mass is 16.2. The second-order valence-corrected chi connectivity index (χ2v) is 5.16. The fourth-order valence-corrected chi connectivity index (χ4v) is 1.44. The molecule has 0 radical (unpaired) electrons. The van der Waals surface area contributed by atoms with Gasteiger partial charge in [-0.05, 0) is 34.9 Å². The van der Waals surface area contributed by atoms with Gasteiger partial charge in [0.1, 0.15) is 0 Å². The predicted octanol–water partition coefficient (Wildman–Crippen LogP) is 0.0794. The maximum atomic E-state index is 12.0. The smallest absolute Gasteiger partial charge is 0.313 e. The minimum absolute atomic E-state index is 0.00385. The molecule has 0 amide bonds. The van der Waals surface area contributed by atoms with Gasteiger partial charge in [-0.15, -0.1) is 0 Å². The van der Waals surface area contributed by atoms with Crippen LogP contribution in [0.5, 0.6) is 0 Å². The first-order chi connectivity index (χ1) is 8.16. The summed E-state index contributed by atoms with van der Waals surface area (Å²) in [7, 11) is 3.74. The predicted molar refractivity (Wildman–Crippen MR) is 69.1 cm³/mol. The molecule has 0 fully saturated rings. The van der Waals surface area contributed by atoms with Gasteiger partial charge in [-0.1, -0.05) is 0 Å². The number of rotatable bonds is 4. The van der Waals surface area contributed by atoms with Crippen molar-refractivity contribution in [3.63, 3.8) is 0 Å². The molecule has 1 N–H and O–H groups in total. The highest BCUT2D eigenvalue weighted by Gasteiger charge is 2.23. The molecule has 0 unspecified atom stereocenters.